The van der Waals surface area contributed by atoms with Crippen LogP contribution in [0.4, 0.5) is 0 Å². The first kappa shape index (κ1) is 17.5. The molecule has 1 amide bonds. The van der Waals surface area contributed by atoms with E-state index >= 15 is 0 Å². The first-order chi connectivity index (χ1) is 12.2. The lowest BCUT2D eigenvalue weighted by atomic mass is 10.1. The fourth-order valence-electron chi connectivity index (χ4n) is 2.30. The first-order valence-electron chi connectivity index (χ1n) is 7.82. The van der Waals surface area contributed by atoms with Gasteiger partial charge in [-0.2, -0.15) is 0 Å². The van der Waals surface area contributed by atoms with Crippen LogP contribution < -0.4 is 5.32 Å². The topological polar surface area (TPSA) is 59.8 Å². The summed E-state index contributed by atoms with van der Waals surface area (Å²) in [6, 6.07) is 17.5. The van der Waals surface area contributed by atoms with E-state index in [9.17, 15) is 4.79 Å². The summed E-state index contributed by atoms with van der Waals surface area (Å²) >= 11 is 7.37. The van der Waals surface area contributed by atoms with Crippen molar-refractivity contribution in [1.82, 2.24) is 20.1 Å². The van der Waals surface area contributed by atoms with Crippen LogP contribution in [-0.2, 0) is 11.2 Å². The molecule has 0 atom stereocenters. The third-order valence-corrected chi connectivity index (χ3v) is 4.69. The molecule has 0 unspecified atom stereocenters. The number of nitrogens with zero attached hydrogens (tertiary/aromatic N) is 3. The molecule has 1 heterocycles. The molecule has 3 rings (SSSR count). The summed E-state index contributed by atoms with van der Waals surface area (Å²) in [5.74, 6) is 0.259. The van der Waals surface area contributed by atoms with Crippen LogP contribution in [0.2, 0.25) is 5.02 Å². The number of hydrogen-bond acceptors (Lipinski definition) is 4. The van der Waals surface area contributed by atoms with Crippen LogP contribution >= 0.6 is 23.4 Å². The summed E-state index contributed by atoms with van der Waals surface area (Å²) in [7, 11) is 0. The van der Waals surface area contributed by atoms with E-state index in [1.54, 1.807) is 6.33 Å². The first-order valence-corrected chi connectivity index (χ1v) is 9.18. The number of nitrogens with one attached hydrogen (secondary N) is 1. The molecule has 0 saturated carbocycles. The number of amides is 1. The van der Waals surface area contributed by atoms with E-state index in [1.807, 2.05) is 59.2 Å². The average Bonchev–Trinajstić information content (AvgIpc) is 3.09. The maximum atomic E-state index is 12.0. The van der Waals surface area contributed by atoms with E-state index < -0.39 is 0 Å². The summed E-state index contributed by atoms with van der Waals surface area (Å²) in [5, 5.41) is 12.2. The van der Waals surface area contributed by atoms with Crippen LogP contribution in [0, 0.1) is 0 Å². The highest BCUT2D eigenvalue weighted by atomic mass is 35.5. The molecule has 0 bridgehead atoms. The average molecular weight is 373 g/mol. The van der Waals surface area contributed by atoms with Crippen molar-refractivity contribution in [3.05, 3.63) is 71.5 Å². The predicted octanol–water partition coefficient (Wildman–Crippen LogP) is 3.37. The quantitative estimate of drug-likeness (QED) is 0.646. The van der Waals surface area contributed by atoms with E-state index in [4.69, 9.17) is 11.6 Å². The Kier molecular flexibility index (Phi) is 6.09. The SMILES string of the molecule is O=C(CSc1nncn1-c1cccc(Cl)c1)NCCc1ccccc1. The minimum absolute atomic E-state index is 0.0263. The van der Waals surface area contributed by atoms with Gasteiger partial charge < -0.3 is 5.32 Å². The molecule has 1 aromatic heterocycles. The number of carbonyl (C=O) groups excluding carboxylic acids is 1. The number of benzene rings is 2. The van der Waals surface area contributed by atoms with Gasteiger partial charge in [-0.1, -0.05) is 59.8 Å². The fraction of sp³-hybridized carbons (Fsp3) is 0.167. The van der Waals surface area contributed by atoms with Gasteiger partial charge in [0.15, 0.2) is 5.16 Å². The lowest BCUT2D eigenvalue weighted by Crippen LogP contribution is -2.27. The summed E-state index contributed by atoms with van der Waals surface area (Å²) in [4.78, 5) is 12.0. The molecule has 0 aliphatic heterocycles. The number of aromatic nitrogens is 3. The third-order valence-electron chi connectivity index (χ3n) is 3.51. The number of halogens is 1. The Labute approximate surface area is 155 Å². The van der Waals surface area contributed by atoms with E-state index in [0.717, 1.165) is 12.1 Å². The molecule has 0 fully saturated rings. The summed E-state index contributed by atoms with van der Waals surface area (Å²) in [6.07, 6.45) is 2.43. The largest absolute Gasteiger partial charge is 0.355 e. The minimum Gasteiger partial charge on any atom is -0.355 e. The van der Waals surface area contributed by atoms with Crippen molar-refractivity contribution in [2.24, 2.45) is 0 Å². The molecule has 25 heavy (non-hydrogen) atoms. The molecule has 7 heteroatoms. The molecular weight excluding hydrogens is 356 g/mol. The monoisotopic (exact) mass is 372 g/mol. The van der Waals surface area contributed by atoms with Gasteiger partial charge in [-0.3, -0.25) is 9.36 Å². The third kappa shape index (κ3) is 5.08. The van der Waals surface area contributed by atoms with Gasteiger partial charge in [-0.15, -0.1) is 10.2 Å². The van der Waals surface area contributed by atoms with Crippen molar-refractivity contribution in [3.8, 4) is 5.69 Å². The molecular formula is C18H17ClN4OS. The Balaban J connectivity index is 1.50. The highest BCUT2D eigenvalue weighted by Gasteiger charge is 2.10. The second-order valence-corrected chi connectivity index (χ2v) is 6.72. The second kappa shape index (κ2) is 8.69. The van der Waals surface area contributed by atoms with Gasteiger partial charge >= 0.3 is 0 Å². The zero-order valence-corrected chi connectivity index (χ0v) is 15.0. The van der Waals surface area contributed by atoms with Gasteiger partial charge in [-0.05, 0) is 30.2 Å². The van der Waals surface area contributed by atoms with E-state index in [0.29, 0.717) is 16.7 Å². The molecule has 128 valence electrons. The molecule has 0 aliphatic rings. The molecule has 0 saturated heterocycles. The van der Waals surface area contributed by atoms with Gasteiger partial charge in [0.25, 0.3) is 0 Å². The highest BCUT2D eigenvalue weighted by Crippen LogP contribution is 2.21. The van der Waals surface area contributed by atoms with Crippen molar-refractivity contribution in [1.29, 1.82) is 0 Å². The number of rotatable bonds is 7. The van der Waals surface area contributed by atoms with Gasteiger partial charge in [0, 0.05) is 11.6 Å². The van der Waals surface area contributed by atoms with Crippen molar-refractivity contribution < 1.29 is 4.79 Å². The fourth-order valence-corrected chi connectivity index (χ4v) is 3.24. The maximum absolute atomic E-state index is 12.0. The minimum atomic E-state index is -0.0263. The van der Waals surface area contributed by atoms with Crippen LogP contribution in [-0.4, -0.2) is 33.0 Å². The molecule has 1 N–H and O–H groups in total. The van der Waals surface area contributed by atoms with E-state index in [2.05, 4.69) is 15.5 Å². The Morgan fingerprint density at radius 2 is 2.00 bits per heavy atom. The Hall–Kier alpha value is -2.31. The number of carbonyl (C=O) groups is 1. The predicted molar refractivity (Wildman–Crippen MR) is 100 cm³/mol. The molecule has 3 aromatic rings. The highest BCUT2D eigenvalue weighted by molar-refractivity contribution is 7.99. The number of thioether (sulfide) groups is 1. The second-order valence-electron chi connectivity index (χ2n) is 5.34. The van der Waals surface area contributed by atoms with Crippen LogP contribution in [0.3, 0.4) is 0 Å². The lowest BCUT2D eigenvalue weighted by Gasteiger charge is -2.07. The molecule has 5 nitrogen and oxygen atoms in total. The number of hydrogen-bond donors (Lipinski definition) is 1. The van der Waals surface area contributed by atoms with Gasteiger partial charge in [0.2, 0.25) is 5.91 Å². The lowest BCUT2D eigenvalue weighted by molar-refractivity contribution is -0.118. The van der Waals surface area contributed by atoms with Crippen LogP contribution in [0.15, 0.2) is 66.1 Å². The van der Waals surface area contributed by atoms with Crippen molar-refractivity contribution >= 4 is 29.3 Å². The van der Waals surface area contributed by atoms with Gasteiger partial charge in [-0.25, -0.2) is 0 Å². The van der Waals surface area contributed by atoms with Crippen molar-refractivity contribution in [3.63, 3.8) is 0 Å². The van der Waals surface area contributed by atoms with Gasteiger partial charge in [0.05, 0.1) is 11.4 Å². The standard InChI is InChI=1S/C18H17ClN4OS/c19-15-7-4-8-16(11-15)23-13-21-22-18(23)25-12-17(24)20-10-9-14-5-2-1-3-6-14/h1-8,11,13H,9-10,12H2,(H,20,24). The summed E-state index contributed by atoms with van der Waals surface area (Å²) < 4.78 is 1.81. The molecule has 0 aliphatic carbocycles. The zero-order valence-electron chi connectivity index (χ0n) is 13.4. The zero-order chi connectivity index (χ0) is 17.5. The van der Waals surface area contributed by atoms with Crippen molar-refractivity contribution in [2.45, 2.75) is 11.6 Å². The van der Waals surface area contributed by atoms with Crippen molar-refractivity contribution in [2.75, 3.05) is 12.3 Å². The van der Waals surface area contributed by atoms with E-state index in [-0.39, 0.29) is 11.7 Å². The molecule has 0 radical (unpaired) electrons. The van der Waals surface area contributed by atoms with Crippen LogP contribution in [0.25, 0.3) is 5.69 Å². The molecule has 2 aromatic carbocycles. The smallest absolute Gasteiger partial charge is 0.230 e. The van der Waals surface area contributed by atoms with Crippen LogP contribution in [0.5, 0.6) is 0 Å². The molecule has 0 spiro atoms. The Morgan fingerprint density at radius 1 is 1.16 bits per heavy atom. The normalized spacial score (nSPS) is 10.6. The van der Waals surface area contributed by atoms with Gasteiger partial charge in [0.1, 0.15) is 6.33 Å². The maximum Gasteiger partial charge on any atom is 0.230 e. The van der Waals surface area contributed by atoms with E-state index in [1.165, 1.54) is 17.3 Å². The Bertz CT molecular complexity index is 838. The van der Waals surface area contributed by atoms with Crippen LogP contribution in [0.1, 0.15) is 5.56 Å². The summed E-state index contributed by atoms with van der Waals surface area (Å²) in [6.45, 7) is 0.615. The summed E-state index contributed by atoms with van der Waals surface area (Å²) in [5.41, 5.74) is 2.07. The Morgan fingerprint density at radius 3 is 2.80 bits per heavy atom.